The molecule has 2 aromatic carbocycles. The van der Waals surface area contributed by atoms with Gasteiger partial charge in [0, 0.05) is 35.7 Å². The maximum Gasteiger partial charge on any atom is 0.411 e. The van der Waals surface area contributed by atoms with Crippen LogP contribution < -0.4 is 16.0 Å². The summed E-state index contributed by atoms with van der Waals surface area (Å²) in [5.41, 5.74) is 2.08. The van der Waals surface area contributed by atoms with Crippen LogP contribution in [0.4, 0.5) is 21.9 Å². The number of hydrogen-bond donors (Lipinski definition) is 3. The molecule has 0 saturated carbocycles. The van der Waals surface area contributed by atoms with E-state index in [2.05, 4.69) is 16.0 Å². The second-order valence-electron chi connectivity index (χ2n) is 6.89. The van der Waals surface area contributed by atoms with Crippen LogP contribution in [0.3, 0.4) is 0 Å². The van der Waals surface area contributed by atoms with Crippen LogP contribution in [0, 0.1) is 0 Å². The average molecular weight is 426 g/mol. The second kappa shape index (κ2) is 11.1. The van der Waals surface area contributed by atoms with Crippen molar-refractivity contribution in [2.24, 2.45) is 0 Å². The quantitative estimate of drug-likeness (QED) is 0.628. The molecule has 164 valence electrons. The summed E-state index contributed by atoms with van der Waals surface area (Å²) in [6, 6.07) is 13.4. The first-order chi connectivity index (χ1) is 15.0. The summed E-state index contributed by atoms with van der Waals surface area (Å²) >= 11 is 0. The van der Waals surface area contributed by atoms with E-state index in [1.807, 2.05) is 4.90 Å². The normalized spacial score (nSPS) is 13.8. The van der Waals surface area contributed by atoms with E-state index < -0.39 is 6.09 Å². The Morgan fingerprint density at radius 2 is 1.61 bits per heavy atom. The van der Waals surface area contributed by atoms with Gasteiger partial charge in [-0.2, -0.15) is 0 Å². The van der Waals surface area contributed by atoms with Crippen molar-refractivity contribution in [3.05, 3.63) is 54.1 Å². The fourth-order valence-corrected chi connectivity index (χ4v) is 3.03. The fourth-order valence-electron chi connectivity index (χ4n) is 3.03. The van der Waals surface area contributed by atoms with E-state index in [0.29, 0.717) is 42.4 Å². The van der Waals surface area contributed by atoms with Gasteiger partial charge in [0.15, 0.2) is 0 Å². The molecular weight excluding hydrogens is 400 g/mol. The summed E-state index contributed by atoms with van der Waals surface area (Å²) in [6.07, 6.45) is -0.577. The molecule has 0 aromatic heterocycles. The van der Waals surface area contributed by atoms with Gasteiger partial charge < -0.3 is 20.1 Å². The van der Waals surface area contributed by atoms with Gasteiger partial charge in [-0.05, 0) is 49.4 Å². The summed E-state index contributed by atoms with van der Waals surface area (Å²) in [5, 5.41) is 8.21. The predicted molar refractivity (Wildman–Crippen MR) is 117 cm³/mol. The Kier molecular flexibility index (Phi) is 7.97. The van der Waals surface area contributed by atoms with Crippen LogP contribution in [0.15, 0.2) is 48.5 Å². The number of amides is 3. The molecule has 1 heterocycles. The number of nitrogens with one attached hydrogen (secondary N) is 3. The van der Waals surface area contributed by atoms with E-state index in [1.54, 1.807) is 55.5 Å². The number of rotatable bonds is 7. The largest absolute Gasteiger partial charge is 0.450 e. The van der Waals surface area contributed by atoms with E-state index in [0.717, 1.165) is 13.1 Å². The molecule has 1 aliphatic rings. The number of nitrogens with zero attached hydrogens (tertiary/aromatic N) is 1. The highest BCUT2D eigenvalue weighted by Gasteiger charge is 2.14. The lowest BCUT2D eigenvalue weighted by atomic mass is 10.2. The first-order valence-electron chi connectivity index (χ1n) is 10.1. The topological polar surface area (TPSA) is 109 Å². The van der Waals surface area contributed by atoms with Crippen LogP contribution >= 0.6 is 0 Å². The molecule has 1 fully saturated rings. The SMILES string of the molecule is CCOC(=O)Nc1cccc(C(=O)Nc2ccc(NC(=O)CN3CCOCC3)cc2)c1. The van der Waals surface area contributed by atoms with Crippen molar-refractivity contribution in [3.63, 3.8) is 0 Å². The standard InChI is InChI=1S/C22H26N4O5/c1-2-31-22(29)25-19-5-3-4-16(14-19)21(28)24-18-8-6-17(7-9-18)23-20(27)15-26-10-12-30-13-11-26/h3-9,14H,2,10-13,15H2,1H3,(H,23,27)(H,24,28)(H,25,29). The number of morpholine rings is 1. The summed E-state index contributed by atoms with van der Waals surface area (Å²) in [7, 11) is 0. The lowest BCUT2D eigenvalue weighted by Crippen LogP contribution is -2.41. The molecule has 0 radical (unpaired) electrons. The van der Waals surface area contributed by atoms with Gasteiger partial charge in [-0.15, -0.1) is 0 Å². The summed E-state index contributed by atoms with van der Waals surface area (Å²) in [5.74, 6) is -0.416. The van der Waals surface area contributed by atoms with Crippen molar-refractivity contribution in [2.75, 3.05) is 55.4 Å². The zero-order valence-corrected chi connectivity index (χ0v) is 17.3. The van der Waals surface area contributed by atoms with E-state index in [4.69, 9.17) is 9.47 Å². The van der Waals surface area contributed by atoms with Crippen molar-refractivity contribution in [3.8, 4) is 0 Å². The van der Waals surface area contributed by atoms with Crippen LogP contribution in [-0.2, 0) is 14.3 Å². The highest BCUT2D eigenvalue weighted by atomic mass is 16.5. The van der Waals surface area contributed by atoms with Gasteiger partial charge in [0.1, 0.15) is 0 Å². The predicted octanol–water partition coefficient (Wildman–Crippen LogP) is 2.78. The summed E-state index contributed by atoms with van der Waals surface area (Å²) in [4.78, 5) is 38.3. The first kappa shape index (κ1) is 22.3. The third-order valence-electron chi connectivity index (χ3n) is 4.54. The van der Waals surface area contributed by atoms with Gasteiger partial charge in [0.2, 0.25) is 5.91 Å². The molecule has 1 saturated heterocycles. The molecule has 3 N–H and O–H groups in total. The molecular formula is C22H26N4O5. The minimum atomic E-state index is -0.577. The first-order valence-corrected chi connectivity index (χ1v) is 10.1. The molecule has 0 unspecified atom stereocenters. The Balaban J connectivity index is 1.52. The number of ether oxygens (including phenoxy) is 2. The Morgan fingerprint density at radius 1 is 0.935 bits per heavy atom. The van der Waals surface area contributed by atoms with Crippen molar-refractivity contribution in [1.82, 2.24) is 4.90 Å². The number of carbonyl (C=O) groups is 3. The smallest absolute Gasteiger partial charge is 0.411 e. The van der Waals surface area contributed by atoms with E-state index in [1.165, 1.54) is 0 Å². The van der Waals surface area contributed by atoms with Gasteiger partial charge in [-0.25, -0.2) is 4.79 Å². The molecule has 9 heteroatoms. The minimum absolute atomic E-state index is 0.0930. The molecule has 2 aromatic rings. The number of anilines is 3. The van der Waals surface area contributed by atoms with Gasteiger partial charge in [0.25, 0.3) is 5.91 Å². The molecule has 1 aliphatic heterocycles. The van der Waals surface area contributed by atoms with Crippen LogP contribution in [-0.4, -0.2) is 62.3 Å². The fraction of sp³-hybridized carbons (Fsp3) is 0.318. The lowest BCUT2D eigenvalue weighted by Gasteiger charge is -2.25. The number of carbonyl (C=O) groups excluding carboxylic acids is 3. The molecule has 0 atom stereocenters. The van der Waals surface area contributed by atoms with Gasteiger partial charge in [0.05, 0.1) is 26.4 Å². The van der Waals surface area contributed by atoms with Gasteiger partial charge >= 0.3 is 6.09 Å². The van der Waals surface area contributed by atoms with Gasteiger partial charge in [-0.3, -0.25) is 19.8 Å². The third kappa shape index (κ3) is 7.09. The molecule has 9 nitrogen and oxygen atoms in total. The van der Waals surface area contributed by atoms with Crippen LogP contribution in [0.2, 0.25) is 0 Å². The Bertz CT molecular complexity index is 910. The summed E-state index contributed by atoms with van der Waals surface area (Å²) in [6.45, 7) is 5.06. The lowest BCUT2D eigenvalue weighted by molar-refractivity contribution is -0.118. The maximum absolute atomic E-state index is 12.5. The highest BCUT2D eigenvalue weighted by Crippen LogP contribution is 2.17. The number of hydrogen-bond acceptors (Lipinski definition) is 6. The van der Waals surface area contributed by atoms with E-state index in [9.17, 15) is 14.4 Å². The van der Waals surface area contributed by atoms with Crippen molar-refractivity contribution >= 4 is 35.0 Å². The van der Waals surface area contributed by atoms with Crippen LogP contribution in [0.25, 0.3) is 0 Å². The monoisotopic (exact) mass is 426 g/mol. The molecule has 31 heavy (non-hydrogen) atoms. The number of benzene rings is 2. The third-order valence-corrected chi connectivity index (χ3v) is 4.54. The molecule has 0 spiro atoms. The zero-order chi connectivity index (χ0) is 22.1. The Hall–Kier alpha value is -3.43. The molecule has 3 amide bonds. The van der Waals surface area contributed by atoms with E-state index in [-0.39, 0.29) is 18.4 Å². The zero-order valence-electron chi connectivity index (χ0n) is 17.3. The highest BCUT2D eigenvalue weighted by molar-refractivity contribution is 6.05. The van der Waals surface area contributed by atoms with Crippen LogP contribution in [0.5, 0.6) is 0 Å². The molecule has 3 rings (SSSR count). The second-order valence-corrected chi connectivity index (χ2v) is 6.89. The average Bonchev–Trinajstić information content (AvgIpc) is 2.76. The van der Waals surface area contributed by atoms with E-state index >= 15 is 0 Å². The summed E-state index contributed by atoms with van der Waals surface area (Å²) < 4.78 is 10.1. The maximum atomic E-state index is 12.5. The Morgan fingerprint density at radius 3 is 2.29 bits per heavy atom. The van der Waals surface area contributed by atoms with Gasteiger partial charge in [-0.1, -0.05) is 6.07 Å². The van der Waals surface area contributed by atoms with Crippen molar-refractivity contribution in [1.29, 1.82) is 0 Å². The van der Waals surface area contributed by atoms with Crippen molar-refractivity contribution < 1.29 is 23.9 Å². The molecule has 0 aliphatic carbocycles. The van der Waals surface area contributed by atoms with Crippen LogP contribution in [0.1, 0.15) is 17.3 Å². The Labute approximate surface area is 180 Å². The minimum Gasteiger partial charge on any atom is -0.450 e. The molecule has 0 bridgehead atoms. The van der Waals surface area contributed by atoms with Crippen molar-refractivity contribution in [2.45, 2.75) is 6.92 Å².